The van der Waals surface area contributed by atoms with Crippen LogP contribution in [0.15, 0.2) is 17.1 Å². The number of aliphatic imine (C=N–C) groups is 1. The predicted molar refractivity (Wildman–Crippen MR) is 118 cm³/mol. The van der Waals surface area contributed by atoms with E-state index in [2.05, 4.69) is 43.2 Å². The molecule has 7 heteroatoms. The highest BCUT2D eigenvalue weighted by Gasteiger charge is 2.58. The monoisotopic (exact) mass is 488 g/mol. The molecule has 3 rings (SSSR count). The van der Waals surface area contributed by atoms with Gasteiger partial charge in [-0.1, -0.05) is 38.8 Å². The first-order valence-corrected chi connectivity index (χ1v) is 9.98. The van der Waals surface area contributed by atoms with Crippen LogP contribution in [0.1, 0.15) is 46.5 Å². The number of hydrogen-bond donors (Lipinski definition) is 2. The second kappa shape index (κ2) is 9.39. The molecule has 0 radical (unpaired) electrons. The Morgan fingerprint density at radius 3 is 2.33 bits per heavy atom. The highest BCUT2D eigenvalue weighted by molar-refractivity contribution is 14.0. The third-order valence-electron chi connectivity index (χ3n) is 5.98. The minimum atomic E-state index is -0.127. The normalized spacial score (nSPS) is 30.1. The van der Waals surface area contributed by atoms with Gasteiger partial charge in [0, 0.05) is 12.6 Å². The summed E-state index contributed by atoms with van der Waals surface area (Å²) >= 11 is 0. The van der Waals surface area contributed by atoms with Gasteiger partial charge in [-0.15, -0.1) is 24.0 Å². The van der Waals surface area contributed by atoms with Gasteiger partial charge in [0.1, 0.15) is 0 Å². The Balaban J connectivity index is 0.00000261. The number of carbonyl (C=O) groups excluding carboxylic acids is 2. The van der Waals surface area contributed by atoms with Crippen molar-refractivity contribution in [3.8, 4) is 0 Å². The number of imide groups is 1. The summed E-state index contributed by atoms with van der Waals surface area (Å²) in [7, 11) is 0. The first-order valence-electron chi connectivity index (χ1n) is 9.98. The van der Waals surface area contributed by atoms with Crippen molar-refractivity contribution in [3.63, 3.8) is 0 Å². The maximum Gasteiger partial charge on any atom is 0.233 e. The van der Waals surface area contributed by atoms with Crippen LogP contribution in [-0.4, -0.2) is 41.8 Å². The number of hydrogen-bond acceptors (Lipinski definition) is 3. The Morgan fingerprint density at radius 1 is 1.19 bits per heavy atom. The van der Waals surface area contributed by atoms with Crippen molar-refractivity contribution in [1.82, 2.24) is 10.2 Å². The lowest BCUT2D eigenvalue weighted by molar-refractivity contribution is -0.140. The van der Waals surface area contributed by atoms with Crippen LogP contribution in [0.5, 0.6) is 0 Å². The molecule has 3 aliphatic rings. The van der Waals surface area contributed by atoms with Crippen LogP contribution in [0, 0.1) is 29.6 Å². The summed E-state index contributed by atoms with van der Waals surface area (Å²) < 4.78 is 0. The molecule has 0 aromatic rings. The van der Waals surface area contributed by atoms with Gasteiger partial charge >= 0.3 is 0 Å². The third kappa shape index (κ3) is 4.84. The zero-order valence-corrected chi connectivity index (χ0v) is 18.9. The van der Waals surface area contributed by atoms with E-state index in [9.17, 15) is 9.59 Å². The molecule has 2 fully saturated rings. The molecule has 2 aliphatic carbocycles. The summed E-state index contributed by atoms with van der Waals surface area (Å²) in [5.74, 6) is 1.34. The Morgan fingerprint density at radius 2 is 1.78 bits per heavy atom. The largest absolute Gasteiger partial charge is 0.370 e. The second-order valence-electron chi connectivity index (χ2n) is 8.47. The first kappa shape index (κ1) is 22.2. The number of halogens is 1. The predicted octanol–water partition coefficient (Wildman–Crippen LogP) is 2.53. The lowest BCUT2D eigenvalue weighted by Gasteiger charge is -2.17. The number of rotatable bonds is 8. The van der Waals surface area contributed by atoms with E-state index in [4.69, 9.17) is 5.73 Å². The van der Waals surface area contributed by atoms with Crippen LogP contribution in [0.4, 0.5) is 0 Å². The highest BCUT2D eigenvalue weighted by Crippen LogP contribution is 2.52. The lowest BCUT2D eigenvalue weighted by atomic mass is 9.85. The summed E-state index contributed by atoms with van der Waals surface area (Å²) in [6.07, 6.45) is 8.61. The Labute approximate surface area is 179 Å². The molecule has 1 aliphatic heterocycles. The average Bonchev–Trinajstić information content (AvgIpc) is 3.23. The van der Waals surface area contributed by atoms with Crippen LogP contribution in [0.25, 0.3) is 0 Å². The van der Waals surface area contributed by atoms with Gasteiger partial charge < -0.3 is 11.1 Å². The molecule has 152 valence electrons. The number of nitrogens with two attached hydrogens (primary N) is 1. The molecule has 27 heavy (non-hydrogen) atoms. The van der Waals surface area contributed by atoms with Gasteiger partial charge in [-0.05, 0) is 37.5 Å². The molecule has 0 spiro atoms. The Kier molecular flexibility index (Phi) is 7.71. The summed E-state index contributed by atoms with van der Waals surface area (Å²) in [5, 5.41) is 3.19. The van der Waals surface area contributed by atoms with E-state index in [0.717, 1.165) is 19.3 Å². The van der Waals surface area contributed by atoms with Crippen molar-refractivity contribution in [2.24, 2.45) is 40.3 Å². The SMILES string of the molecule is CC(C)CCCC(C)NC(N)=NCCN1C(=O)C2C3C=CC(C3)C2C1=O.I. The van der Waals surface area contributed by atoms with Crippen LogP contribution < -0.4 is 11.1 Å². The molecule has 5 atom stereocenters. The van der Waals surface area contributed by atoms with Gasteiger partial charge in [0.2, 0.25) is 11.8 Å². The van der Waals surface area contributed by atoms with Gasteiger partial charge in [-0.3, -0.25) is 19.5 Å². The number of allylic oxidation sites excluding steroid dienone is 2. The van der Waals surface area contributed by atoms with Crippen molar-refractivity contribution in [2.75, 3.05) is 13.1 Å². The first-order chi connectivity index (χ1) is 12.4. The minimum absolute atomic E-state index is 0. The summed E-state index contributed by atoms with van der Waals surface area (Å²) in [5.41, 5.74) is 5.95. The molecule has 0 aromatic carbocycles. The number of guanidine groups is 1. The summed E-state index contributed by atoms with van der Waals surface area (Å²) in [4.78, 5) is 30.9. The number of amides is 2. The molecule has 6 nitrogen and oxygen atoms in total. The number of carbonyl (C=O) groups is 2. The van der Waals surface area contributed by atoms with Crippen LogP contribution in [0.3, 0.4) is 0 Å². The molecule has 1 heterocycles. The topological polar surface area (TPSA) is 87.8 Å². The molecule has 1 saturated carbocycles. The molecule has 3 N–H and O–H groups in total. The minimum Gasteiger partial charge on any atom is -0.370 e. The van der Waals surface area contributed by atoms with Gasteiger partial charge in [0.15, 0.2) is 5.96 Å². The zero-order chi connectivity index (χ0) is 18.8. The van der Waals surface area contributed by atoms with E-state index in [1.54, 1.807) is 0 Å². The van der Waals surface area contributed by atoms with Crippen molar-refractivity contribution in [2.45, 2.75) is 52.5 Å². The van der Waals surface area contributed by atoms with Gasteiger partial charge in [0.05, 0.1) is 18.4 Å². The highest BCUT2D eigenvalue weighted by atomic mass is 127. The van der Waals surface area contributed by atoms with Gasteiger partial charge in [0.25, 0.3) is 0 Å². The number of nitrogens with zero attached hydrogens (tertiary/aromatic N) is 2. The van der Waals surface area contributed by atoms with Crippen molar-refractivity contribution >= 4 is 41.8 Å². The van der Waals surface area contributed by atoms with Crippen molar-refractivity contribution in [1.29, 1.82) is 0 Å². The summed E-state index contributed by atoms with van der Waals surface area (Å²) in [6.45, 7) is 7.24. The van der Waals surface area contributed by atoms with E-state index in [1.807, 2.05) is 0 Å². The van der Waals surface area contributed by atoms with Crippen molar-refractivity contribution in [3.05, 3.63) is 12.2 Å². The molecular weight excluding hydrogens is 455 g/mol. The molecule has 1 saturated heterocycles. The average molecular weight is 488 g/mol. The number of likely N-dealkylation sites (tertiary alicyclic amines) is 1. The van der Waals surface area contributed by atoms with E-state index in [1.165, 1.54) is 11.3 Å². The van der Waals surface area contributed by atoms with Crippen LogP contribution in [0.2, 0.25) is 0 Å². The quantitative estimate of drug-likeness (QED) is 0.181. The van der Waals surface area contributed by atoms with E-state index < -0.39 is 0 Å². The molecule has 2 amide bonds. The molecular formula is C20H33IN4O2. The second-order valence-corrected chi connectivity index (χ2v) is 8.47. The van der Waals surface area contributed by atoms with E-state index >= 15 is 0 Å². The maximum absolute atomic E-state index is 12.6. The lowest BCUT2D eigenvalue weighted by Crippen LogP contribution is -2.40. The molecule has 2 bridgehead atoms. The van der Waals surface area contributed by atoms with Gasteiger partial charge in [-0.2, -0.15) is 0 Å². The Hall–Kier alpha value is -1.12. The zero-order valence-electron chi connectivity index (χ0n) is 16.6. The fraction of sp³-hybridized carbons (Fsp3) is 0.750. The smallest absolute Gasteiger partial charge is 0.233 e. The maximum atomic E-state index is 12.6. The van der Waals surface area contributed by atoms with E-state index in [-0.39, 0.29) is 65.5 Å². The van der Waals surface area contributed by atoms with Crippen molar-refractivity contribution < 1.29 is 9.59 Å². The molecule has 5 unspecified atom stereocenters. The number of nitrogens with one attached hydrogen (secondary N) is 1. The molecule has 0 aromatic heterocycles. The van der Waals surface area contributed by atoms with Crippen LogP contribution in [-0.2, 0) is 9.59 Å². The van der Waals surface area contributed by atoms with Gasteiger partial charge in [-0.25, -0.2) is 0 Å². The van der Waals surface area contributed by atoms with Crippen LogP contribution >= 0.6 is 24.0 Å². The standard InChI is InChI=1S/C20H32N4O2.HI/c1-12(2)5-4-6-13(3)23-20(21)22-9-10-24-18(25)16-14-7-8-15(11-14)17(16)19(24)26;/h7-8,12-17H,4-6,9-11H2,1-3H3,(H3,21,22,23);1H. The third-order valence-corrected chi connectivity index (χ3v) is 5.98. The number of fused-ring (bicyclic) bond motifs is 5. The van der Waals surface area contributed by atoms with E-state index in [0.29, 0.717) is 25.0 Å². The Bertz CT molecular complexity index is 589. The fourth-order valence-electron chi connectivity index (χ4n) is 4.66. The fourth-order valence-corrected chi connectivity index (χ4v) is 4.66. The summed E-state index contributed by atoms with van der Waals surface area (Å²) in [6, 6.07) is 0.272.